The lowest BCUT2D eigenvalue weighted by molar-refractivity contribution is -0.163. The summed E-state index contributed by atoms with van der Waals surface area (Å²) in [4.78, 5) is 51.0. The van der Waals surface area contributed by atoms with Crippen LogP contribution in [0, 0.1) is 23.2 Å². The predicted molar refractivity (Wildman–Crippen MR) is 102 cm³/mol. The molecule has 2 fully saturated rings. The zero-order chi connectivity index (χ0) is 21.1. The lowest BCUT2D eigenvalue weighted by Crippen LogP contribution is -2.46. The predicted octanol–water partition coefficient (Wildman–Crippen LogP) is 1.99. The van der Waals surface area contributed by atoms with Gasteiger partial charge in [-0.05, 0) is 44.9 Å². The van der Waals surface area contributed by atoms with E-state index in [0.29, 0.717) is 24.1 Å². The van der Waals surface area contributed by atoms with Gasteiger partial charge in [-0.2, -0.15) is 5.26 Å². The van der Waals surface area contributed by atoms with Crippen LogP contribution in [0.5, 0.6) is 0 Å². The van der Waals surface area contributed by atoms with Crippen LogP contribution in [0.1, 0.15) is 45.1 Å². The number of rotatable bonds is 5. The van der Waals surface area contributed by atoms with Crippen molar-refractivity contribution in [3.63, 3.8) is 0 Å². The quantitative estimate of drug-likeness (QED) is 0.600. The van der Waals surface area contributed by atoms with Crippen LogP contribution in [0.3, 0.4) is 0 Å². The molecule has 1 heterocycles. The smallest absolute Gasteiger partial charge is 0.329 e. The maximum atomic E-state index is 12.6. The van der Waals surface area contributed by atoms with Crippen molar-refractivity contribution < 1.29 is 23.9 Å². The second-order valence-corrected chi connectivity index (χ2v) is 7.48. The number of likely N-dealkylation sites (tertiary alicyclic amines) is 1. The van der Waals surface area contributed by atoms with Crippen LogP contribution in [0.2, 0.25) is 0 Å². The number of nitrogens with one attached hydrogen (secondary N) is 1. The summed E-state index contributed by atoms with van der Waals surface area (Å²) < 4.78 is 5.20. The van der Waals surface area contributed by atoms with Gasteiger partial charge in [0.25, 0.3) is 5.91 Å². The number of imide groups is 1. The van der Waals surface area contributed by atoms with Crippen LogP contribution in [0.4, 0.5) is 5.69 Å². The summed E-state index contributed by atoms with van der Waals surface area (Å²) in [6, 6.07) is 7.22. The number of carbonyl (C=O) groups is 4. The van der Waals surface area contributed by atoms with Gasteiger partial charge < -0.3 is 10.1 Å². The Bertz CT molecular complexity index is 867. The van der Waals surface area contributed by atoms with Gasteiger partial charge >= 0.3 is 5.97 Å². The van der Waals surface area contributed by atoms with E-state index in [0.717, 1.165) is 17.7 Å². The first-order valence-corrected chi connectivity index (χ1v) is 9.72. The minimum Gasteiger partial charge on any atom is -0.451 e. The fourth-order valence-corrected chi connectivity index (χ4v) is 3.91. The molecule has 29 heavy (non-hydrogen) atoms. The van der Waals surface area contributed by atoms with E-state index in [1.807, 2.05) is 6.07 Å². The highest BCUT2D eigenvalue weighted by atomic mass is 16.5. The monoisotopic (exact) mass is 397 g/mol. The van der Waals surface area contributed by atoms with Gasteiger partial charge in [-0.1, -0.05) is 18.9 Å². The molecule has 1 N–H and O–H groups in total. The van der Waals surface area contributed by atoms with E-state index in [-0.39, 0.29) is 23.7 Å². The summed E-state index contributed by atoms with van der Waals surface area (Å²) in [5.41, 5.74) is 0.785. The van der Waals surface area contributed by atoms with Gasteiger partial charge in [0.2, 0.25) is 11.8 Å². The van der Waals surface area contributed by atoms with E-state index < -0.39 is 24.0 Å². The lowest BCUT2D eigenvalue weighted by atomic mass is 9.81. The molecule has 1 aromatic rings. The average Bonchev–Trinajstić information content (AvgIpc) is 2.98. The highest BCUT2D eigenvalue weighted by Gasteiger charge is 2.51. The maximum Gasteiger partial charge on any atom is 0.329 e. The first-order valence-electron chi connectivity index (χ1n) is 9.72. The first kappa shape index (κ1) is 20.5. The Morgan fingerprint density at radius 3 is 2.38 bits per heavy atom. The van der Waals surface area contributed by atoms with Crippen LogP contribution in [-0.4, -0.2) is 40.7 Å². The molecule has 0 aromatic heterocycles. The van der Waals surface area contributed by atoms with Gasteiger partial charge in [0.1, 0.15) is 6.04 Å². The molecule has 2 aliphatic rings. The number of amides is 3. The molecule has 0 bridgehead atoms. The van der Waals surface area contributed by atoms with E-state index in [1.165, 1.54) is 19.9 Å². The van der Waals surface area contributed by atoms with Gasteiger partial charge in [0.15, 0.2) is 6.10 Å². The van der Waals surface area contributed by atoms with Crippen molar-refractivity contribution in [1.29, 1.82) is 5.26 Å². The Balaban J connectivity index is 1.61. The normalized spacial score (nSPS) is 23.0. The van der Waals surface area contributed by atoms with Crippen LogP contribution < -0.4 is 5.32 Å². The number of nitriles is 1. The number of hydrogen-bond acceptors (Lipinski definition) is 6. The van der Waals surface area contributed by atoms with E-state index in [9.17, 15) is 19.2 Å². The number of nitrogens with zero attached hydrogens (tertiary/aromatic N) is 2. The van der Waals surface area contributed by atoms with Crippen molar-refractivity contribution in [2.24, 2.45) is 11.8 Å². The van der Waals surface area contributed by atoms with Crippen LogP contribution in [0.15, 0.2) is 24.3 Å². The molecule has 1 saturated carbocycles. The van der Waals surface area contributed by atoms with E-state index >= 15 is 0 Å². The Kier molecular flexibility index (Phi) is 5.97. The second-order valence-electron chi connectivity index (χ2n) is 7.48. The van der Waals surface area contributed by atoms with Crippen molar-refractivity contribution in [1.82, 2.24) is 4.90 Å². The number of carbonyl (C=O) groups excluding carboxylic acids is 4. The number of esters is 1. The molecule has 4 atom stereocenters. The van der Waals surface area contributed by atoms with Crippen LogP contribution in [0.25, 0.3) is 0 Å². The summed E-state index contributed by atoms with van der Waals surface area (Å²) in [5.74, 6) is -2.73. The number of ether oxygens (including phenoxy) is 1. The third kappa shape index (κ3) is 4.14. The molecule has 8 nitrogen and oxygen atoms in total. The Labute approximate surface area is 168 Å². The number of hydrogen-bond donors (Lipinski definition) is 1. The summed E-state index contributed by atoms with van der Waals surface area (Å²) in [6.07, 6.45) is 1.99. The fraction of sp³-hybridized carbons (Fsp3) is 0.476. The molecule has 152 valence electrons. The zero-order valence-electron chi connectivity index (χ0n) is 16.4. The fourth-order valence-electron chi connectivity index (χ4n) is 3.91. The average molecular weight is 397 g/mol. The van der Waals surface area contributed by atoms with Gasteiger partial charge in [-0.15, -0.1) is 0 Å². The van der Waals surface area contributed by atoms with Crippen LogP contribution in [-0.2, 0) is 23.9 Å². The minimum absolute atomic E-state index is 0.324. The highest BCUT2D eigenvalue weighted by molar-refractivity contribution is 6.08. The number of fused-ring (bicyclic) bond motifs is 1. The summed E-state index contributed by atoms with van der Waals surface area (Å²) in [5, 5.41) is 11.5. The lowest BCUT2D eigenvalue weighted by Gasteiger charge is -2.23. The molecular weight excluding hydrogens is 374 g/mol. The van der Waals surface area contributed by atoms with E-state index in [2.05, 4.69) is 5.32 Å². The Morgan fingerprint density at radius 2 is 1.79 bits per heavy atom. The molecule has 1 saturated heterocycles. The van der Waals surface area contributed by atoms with Gasteiger partial charge in [0, 0.05) is 5.69 Å². The molecule has 0 spiro atoms. The topological polar surface area (TPSA) is 117 Å². The largest absolute Gasteiger partial charge is 0.451 e. The molecule has 3 amide bonds. The highest BCUT2D eigenvalue weighted by Crippen LogP contribution is 2.38. The molecular formula is C21H23N3O5. The van der Waals surface area contributed by atoms with E-state index in [4.69, 9.17) is 10.00 Å². The molecule has 3 rings (SSSR count). The Morgan fingerprint density at radius 1 is 1.17 bits per heavy atom. The minimum atomic E-state index is -1.13. The third-order valence-electron chi connectivity index (χ3n) is 5.52. The van der Waals surface area contributed by atoms with Crippen molar-refractivity contribution in [3.8, 4) is 6.07 Å². The van der Waals surface area contributed by atoms with Crippen molar-refractivity contribution >= 4 is 29.4 Å². The molecule has 1 aliphatic carbocycles. The summed E-state index contributed by atoms with van der Waals surface area (Å²) in [7, 11) is 0. The van der Waals surface area contributed by atoms with Gasteiger partial charge in [0.05, 0.1) is 23.5 Å². The Hall–Kier alpha value is -3.21. The summed E-state index contributed by atoms with van der Waals surface area (Å²) in [6.45, 7) is 2.85. The summed E-state index contributed by atoms with van der Waals surface area (Å²) >= 11 is 0. The van der Waals surface area contributed by atoms with Crippen molar-refractivity contribution in [2.45, 2.75) is 51.7 Å². The second kappa shape index (κ2) is 8.43. The molecule has 8 heteroatoms. The third-order valence-corrected chi connectivity index (χ3v) is 5.52. The van der Waals surface area contributed by atoms with Gasteiger partial charge in [-0.25, -0.2) is 4.79 Å². The SMILES string of the molecule is C[C@H](OC(=O)[C@H](C)N1C(=O)[C@H]2CCCC[C@H]2C1=O)C(=O)Nc1cccc(C#N)c1. The van der Waals surface area contributed by atoms with Gasteiger partial charge in [-0.3, -0.25) is 19.3 Å². The van der Waals surface area contributed by atoms with Crippen molar-refractivity contribution in [3.05, 3.63) is 29.8 Å². The number of benzene rings is 1. The zero-order valence-corrected chi connectivity index (χ0v) is 16.4. The maximum absolute atomic E-state index is 12.6. The molecule has 1 aliphatic heterocycles. The standard InChI is InChI=1S/C21H23N3O5/c1-12(24-19(26)16-8-3-4-9-17(16)20(24)27)21(28)29-13(2)18(25)23-15-7-5-6-14(10-15)11-22/h5-7,10,12-13,16-17H,3-4,8-9H2,1-2H3,(H,23,25)/t12-,13-,16-,17+/m0/s1. The molecule has 0 radical (unpaired) electrons. The van der Waals surface area contributed by atoms with Crippen LogP contribution >= 0.6 is 0 Å². The van der Waals surface area contributed by atoms with Crippen molar-refractivity contribution in [2.75, 3.05) is 5.32 Å². The molecule has 0 unspecified atom stereocenters. The van der Waals surface area contributed by atoms with E-state index in [1.54, 1.807) is 18.2 Å². The number of anilines is 1. The molecule has 1 aromatic carbocycles. The first-order chi connectivity index (χ1) is 13.8.